The van der Waals surface area contributed by atoms with Gasteiger partial charge in [-0.3, -0.25) is 4.79 Å². The van der Waals surface area contributed by atoms with Crippen molar-refractivity contribution in [1.82, 2.24) is 10.2 Å². The summed E-state index contributed by atoms with van der Waals surface area (Å²) in [4.78, 5) is 15.5. The molecule has 1 aromatic rings. The van der Waals surface area contributed by atoms with Gasteiger partial charge in [0, 0.05) is 44.8 Å². The molecule has 2 fully saturated rings. The Hall–Kier alpha value is -1.58. The highest BCUT2D eigenvalue weighted by Crippen LogP contribution is 2.44. The van der Waals surface area contributed by atoms with Gasteiger partial charge in [-0.15, -0.1) is 0 Å². The van der Waals surface area contributed by atoms with Crippen LogP contribution in [0.5, 0.6) is 5.75 Å². The van der Waals surface area contributed by atoms with Crippen molar-refractivity contribution in [1.29, 1.82) is 0 Å². The summed E-state index contributed by atoms with van der Waals surface area (Å²) in [5.74, 6) is -0.266. The van der Waals surface area contributed by atoms with Gasteiger partial charge in [0.25, 0.3) is 5.91 Å². The van der Waals surface area contributed by atoms with Crippen molar-refractivity contribution in [3.05, 3.63) is 22.2 Å². The number of nitrogens with zero attached hydrogens (tertiary/aromatic N) is 1. The van der Waals surface area contributed by atoms with Crippen LogP contribution in [0.4, 0.5) is 5.69 Å². The number of carbonyl (C=O) groups is 1. The van der Waals surface area contributed by atoms with Crippen molar-refractivity contribution >= 4 is 23.2 Å². The molecule has 0 bridgehead atoms. The molecule has 0 saturated carbocycles. The summed E-state index contributed by atoms with van der Waals surface area (Å²) in [6.07, 6.45) is 3.10. The Morgan fingerprint density at radius 2 is 1.97 bits per heavy atom. The van der Waals surface area contributed by atoms with Gasteiger partial charge in [0.05, 0.1) is 29.5 Å². The van der Waals surface area contributed by atoms with E-state index in [4.69, 9.17) is 36.3 Å². The summed E-state index contributed by atoms with van der Waals surface area (Å²) in [5.41, 5.74) is 7.53. The molecular formula is C24H36ClN3O5. The number of nitrogens with two attached hydrogens (primary N) is 1. The number of methoxy groups -OCH3 is 1. The van der Waals surface area contributed by atoms with E-state index in [1.54, 1.807) is 13.2 Å². The molecule has 0 aliphatic carbocycles. The summed E-state index contributed by atoms with van der Waals surface area (Å²) in [6.45, 7) is 9.83. The highest BCUT2D eigenvalue weighted by atomic mass is 35.5. The number of ether oxygens (including phenoxy) is 4. The lowest BCUT2D eigenvalue weighted by Crippen LogP contribution is -2.47. The quantitative estimate of drug-likeness (QED) is 0.578. The molecule has 0 aromatic heterocycles. The van der Waals surface area contributed by atoms with Gasteiger partial charge in [-0.2, -0.15) is 0 Å². The SMILES string of the molecule is COC(CCN1CCC(NC(=O)c2cc(Cl)c(N)c3c2OC(C)(C)C3)CC1)C1(C)OCCO1. The average Bonchev–Trinajstić information content (AvgIpc) is 3.35. The van der Waals surface area contributed by atoms with Crippen molar-refractivity contribution in [2.45, 2.75) is 70.0 Å². The first-order valence-corrected chi connectivity index (χ1v) is 12.1. The van der Waals surface area contributed by atoms with Gasteiger partial charge in [-0.05, 0) is 46.1 Å². The van der Waals surface area contributed by atoms with E-state index in [1.165, 1.54) is 0 Å². The second-order valence-electron chi connectivity index (χ2n) is 9.98. The van der Waals surface area contributed by atoms with Gasteiger partial charge in [0.1, 0.15) is 17.5 Å². The molecule has 1 amide bonds. The van der Waals surface area contributed by atoms with Crippen LogP contribution < -0.4 is 15.8 Å². The number of fused-ring (bicyclic) bond motifs is 1. The molecule has 8 nitrogen and oxygen atoms in total. The van der Waals surface area contributed by atoms with Gasteiger partial charge < -0.3 is 34.9 Å². The maximum absolute atomic E-state index is 13.1. The molecule has 0 radical (unpaired) electrons. The largest absolute Gasteiger partial charge is 0.486 e. The molecule has 1 atom stereocenters. The smallest absolute Gasteiger partial charge is 0.255 e. The van der Waals surface area contributed by atoms with E-state index in [0.29, 0.717) is 41.7 Å². The highest BCUT2D eigenvalue weighted by molar-refractivity contribution is 6.33. The summed E-state index contributed by atoms with van der Waals surface area (Å²) < 4.78 is 23.2. The molecular weight excluding hydrogens is 446 g/mol. The molecule has 9 heteroatoms. The Labute approximate surface area is 201 Å². The number of amides is 1. The minimum absolute atomic E-state index is 0.104. The third kappa shape index (κ3) is 5.25. The van der Waals surface area contributed by atoms with Crippen LogP contribution in [0.15, 0.2) is 6.07 Å². The van der Waals surface area contributed by atoms with Crippen molar-refractivity contribution < 1.29 is 23.7 Å². The molecule has 3 aliphatic rings. The van der Waals surface area contributed by atoms with E-state index in [2.05, 4.69) is 10.2 Å². The molecule has 3 N–H and O–H groups in total. The first kappa shape index (κ1) is 24.5. The maximum atomic E-state index is 13.1. The van der Waals surface area contributed by atoms with E-state index < -0.39 is 11.4 Å². The summed E-state index contributed by atoms with van der Waals surface area (Å²) in [7, 11) is 1.70. The number of halogens is 1. The van der Waals surface area contributed by atoms with Crippen LogP contribution in [-0.2, 0) is 20.6 Å². The predicted octanol–water partition coefficient (Wildman–Crippen LogP) is 3.00. The highest BCUT2D eigenvalue weighted by Gasteiger charge is 2.40. The first-order valence-electron chi connectivity index (χ1n) is 11.8. The van der Waals surface area contributed by atoms with Crippen LogP contribution in [0, 0.1) is 0 Å². The van der Waals surface area contributed by atoms with E-state index in [-0.39, 0.29) is 18.1 Å². The van der Waals surface area contributed by atoms with Gasteiger partial charge in [0.15, 0.2) is 5.79 Å². The number of likely N-dealkylation sites (tertiary alicyclic amines) is 1. The number of nitrogen functional groups attached to an aromatic ring is 1. The molecule has 1 unspecified atom stereocenters. The van der Waals surface area contributed by atoms with Crippen LogP contribution >= 0.6 is 11.6 Å². The van der Waals surface area contributed by atoms with Crippen LogP contribution in [0.1, 0.15) is 56.0 Å². The third-order valence-electron chi connectivity index (χ3n) is 6.96. The standard InChI is InChI=1S/C24H36ClN3O5/c1-23(2)14-17-20(26)18(25)13-16(21(17)33-23)22(29)27-15-5-8-28(9-6-15)10-7-19(30-4)24(3)31-11-12-32-24/h13,15,19H,5-12,14,26H2,1-4H3,(H,27,29). The number of nitrogens with one attached hydrogen (secondary N) is 1. The number of carbonyl (C=O) groups excluding carboxylic acids is 1. The Kier molecular flexibility index (Phi) is 7.13. The summed E-state index contributed by atoms with van der Waals surface area (Å²) in [6, 6.07) is 1.73. The van der Waals surface area contributed by atoms with Crippen LogP contribution in [0.25, 0.3) is 0 Å². The monoisotopic (exact) mass is 481 g/mol. The predicted molar refractivity (Wildman–Crippen MR) is 127 cm³/mol. The third-order valence-corrected chi connectivity index (χ3v) is 7.27. The lowest BCUT2D eigenvalue weighted by Gasteiger charge is -2.35. The number of rotatable bonds is 7. The second-order valence-corrected chi connectivity index (χ2v) is 10.4. The van der Waals surface area contributed by atoms with E-state index in [9.17, 15) is 4.79 Å². The number of piperidine rings is 1. The van der Waals surface area contributed by atoms with Crippen LogP contribution in [0.3, 0.4) is 0 Å². The zero-order chi connectivity index (χ0) is 23.8. The van der Waals surface area contributed by atoms with Crippen LogP contribution in [-0.4, -0.2) is 74.3 Å². The molecule has 184 valence electrons. The average molecular weight is 482 g/mol. The zero-order valence-electron chi connectivity index (χ0n) is 20.0. The Morgan fingerprint density at radius 1 is 1.30 bits per heavy atom. The minimum Gasteiger partial charge on any atom is -0.486 e. The first-order chi connectivity index (χ1) is 15.6. The Balaban J connectivity index is 1.31. The lowest BCUT2D eigenvalue weighted by molar-refractivity contribution is -0.217. The van der Waals surface area contributed by atoms with Gasteiger partial charge >= 0.3 is 0 Å². The number of anilines is 1. The van der Waals surface area contributed by atoms with Gasteiger partial charge in [-0.25, -0.2) is 0 Å². The topological polar surface area (TPSA) is 95.3 Å². The van der Waals surface area contributed by atoms with Crippen LogP contribution in [0.2, 0.25) is 5.02 Å². The maximum Gasteiger partial charge on any atom is 0.255 e. The second kappa shape index (κ2) is 9.58. The van der Waals surface area contributed by atoms with Crippen molar-refractivity contribution in [3.8, 4) is 5.75 Å². The Morgan fingerprint density at radius 3 is 2.61 bits per heavy atom. The number of hydrogen-bond donors (Lipinski definition) is 2. The number of hydrogen-bond acceptors (Lipinski definition) is 7. The molecule has 0 spiro atoms. The van der Waals surface area contributed by atoms with E-state index in [0.717, 1.165) is 44.5 Å². The van der Waals surface area contributed by atoms with Gasteiger partial charge in [-0.1, -0.05) is 11.6 Å². The fourth-order valence-electron chi connectivity index (χ4n) is 5.07. The Bertz CT molecular complexity index is 879. The normalized spacial score (nSPS) is 23.2. The molecule has 4 rings (SSSR count). The summed E-state index contributed by atoms with van der Waals surface area (Å²) >= 11 is 6.33. The number of benzene rings is 1. The molecule has 2 saturated heterocycles. The minimum atomic E-state index is -0.668. The van der Waals surface area contributed by atoms with Crippen molar-refractivity contribution in [2.75, 3.05) is 45.7 Å². The summed E-state index contributed by atoms with van der Waals surface area (Å²) in [5, 5.41) is 3.57. The lowest BCUT2D eigenvalue weighted by atomic mass is 9.98. The van der Waals surface area contributed by atoms with Gasteiger partial charge in [0.2, 0.25) is 0 Å². The molecule has 1 aromatic carbocycles. The van der Waals surface area contributed by atoms with E-state index in [1.807, 2.05) is 20.8 Å². The zero-order valence-corrected chi connectivity index (χ0v) is 20.8. The fourth-order valence-corrected chi connectivity index (χ4v) is 5.30. The van der Waals surface area contributed by atoms with Crippen molar-refractivity contribution in [2.24, 2.45) is 0 Å². The molecule has 3 aliphatic heterocycles. The molecule has 3 heterocycles. The fraction of sp³-hybridized carbons (Fsp3) is 0.708. The van der Waals surface area contributed by atoms with Crippen molar-refractivity contribution in [3.63, 3.8) is 0 Å². The molecule has 33 heavy (non-hydrogen) atoms. The van der Waals surface area contributed by atoms with E-state index >= 15 is 0 Å².